The first-order chi connectivity index (χ1) is 9.71. The second-order valence-corrected chi connectivity index (χ2v) is 5.54. The average Bonchev–Trinajstić information content (AvgIpc) is 2.97. The molecule has 1 aliphatic carbocycles. The fourth-order valence-corrected chi connectivity index (χ4v) is 3.39. The maximum Gasteiger partial charge on any atom is 0.168 e. The van der Waals surface area contributed by atoms with E-state index in [2.05, 4.69) is 5.16 Å². The third-order valence-corrected chi connectivity index (χ3v) is 4.60. The molecule has 1 saturated carbocycles. The number of amidine groups is 1. The quantitative estimate of drug-likeness (QED) is 0.375. The second-order valence-electron chi connectivity index (χ2n) is 5.54. The Hall–Kier alpha value is -1.59. The summed E-state index contributed by atoms with van der Waals surface area (Å²) in [7, 11) is 0. The van der Waals surface area contributed by atoms with Crippen molar-refractivity contribution < 1.29 is 14.7 Å². The molecule has 1 aromatic carbocycles. The highest BCUT2D eigenvalue weighted by molar-refractivity contribution is 5.91. The first-order valence-electron chi connectivity index (χ1n) is 7.02. The third kappa shape index (κ3) is 2.07. The van der Waals surface area contributed by atoms with Gasteiger partial charge in [-0.2, -0.15) is 0 Å². The van der Waals surface area contributed by atoms with Crippen LogP contribution in [0.15, 0.2) is 35.5 Å². The van der Waals surface area contributed by atoms with E-state index in [0.29, 0.717) is 13.2 Å². The van der Waals surface area contributed by atoms with Gasteiger partial charge in [0.1, 0.15) is 5.84 Å². The SMILES string of the molecule is N/C(=N\O)C1(c2ccccc2)CCC2(CC1)OCCO2. The van der Waals surface area contributed by atoms with E-state index >= 15 is 0 Å². The first kappa shape index (κ1) is 13.4. The van der Waals surface area contributed by atoms with Crippen LogP contribution in [-0.4, -0.2) is 30.0 Å². The summed E-state index contributed by atoms with van der Waals surface area (Å²) in [5.74, 6) is -0.176. The van der Waals surface area contributed by atoms with Crippen LogP contribution in [0.2, 0.25) is 0 Å². The molecule has 1 heterocycles. The van der Waals surface area contributed by atoms with Gasteiger partial charge in [-0.25, -0.2) is 0 Å². The predicted octanol–water partition coefficient (Wildman–Crippen LogP) is 1.99. The van der Waals surface area contributed by atoms with Crippen molar-refractivity contribution in [2.75, 3.05) is 13.2 Å². The molecule has 5 heteroatoms. The van der Waals surface area contributed by atoms with Crippen molar-refractivity contribution in [1.29, 1.82) is 0 Å². The molecule has 1 saturated heterocycles. The fraction of sp³-hybridized carbons (Fsp3) is 0.533. The van der Waals surface area contributed by atoms with Crippen molar-refractivity contribution in [2.45, 2.75) is 36.9 Å². The average molecular weight is 276 g/mol. The van der Waals surface area contributed by atoms with E-state index in [1.165, 1.54) is 0 Å². The van der Waals surface area contributed by atoms with Crippen LogP contribution in [0.4, 0.5) is 0 Å². The molecular weight excluding hydrogens is 256 g/mol. The van der Waals surface area contributed by atoms with Gasteiger partial charge in [0.05, 0.1) is 18.6 Å². The number of nitrogens with zero attached hydrogens (tertiary/aromatic N) is 1. The number of ether oxygens (including phenoxy) is 2. The Morgan fingerprint density at radius 2 is 1.65 bits per heavy atom. The van der Waals surface area contributed by atoms with Crippen molar-refractivity contribution in [2.24, 2.45) is 10.9 Å². The van der Waals surface area contributed by atoms with Gasteiger partial charge in [0.15, 0.2) is 5.79 Å². The lowest BCUT2D eigenvalue weighted by atomic mass is 9.67. The van der Waals surface area contributed by atoms with E-state index < -0.39 is 11.2 Å². The highest BCUT2D eigenvalue weighted by Crippen LogP contribution is 2.46. The van der Waals surface area contributed by atoms with Crippen molar-refractivity contribution >= 4 is 5.84 Å². The summed E-state index contributed by atoms with van der Waals surface area (Å²) in [4.78, 5) is 0. The summed E-state index contributed by atoms with van der Waals surface area (Å²) >= 11 is 0. The van der Waals surface area contributed by atoms with E-state index in [-0.39, 0.29) is 5.84 Å². The summed E-state index contributed by atoms with van der Waals surface area (Å²) in [5.41, 5.74) is 6.69. The lowest BCUT2D eigenvalue weighted by Gasteiger charge is -2.43. The molecule has 1 aliphatic heterocycles. The van der Waals surface area contributed by atoms with Crippen LogP contribution in [0.3, 0.4) is 0 Å². The van der Waals surface area contributed by atoms with Crippen LogP contribution in [-0.2, 0) is 14.9 Å². The normalized spacial score (nSPS) is 24.9. The largest absolute Gasteiger partial charge is 0.409 e. The van der Waals surface area contributed by atoms with Crippen molar-refractivity contribution in [3.63, 3.8) is 0 Å². The smallest absolute Gasteiger partial charge is 0.168 e. The molecule has 0 bridgehead atoms. The molecular formula is C15H20N2O3. The summed E-state index contributed by atoms with van der Waals surface area (Å²) in [5, 5.41) is 12.5. The molecule has 1 aromatic rings. The van der Waals surface area contributed by atoms with Crippen LogP contribution in [0.5, 0.6) is 0 Å². The zero-order valence-corrected chi connectivity index (χ0v) is 11.4. The van der Waals surface area contributed by atoms with Crippen LogP contribution in [0.1, 0.15) is 31.2 Å². The minimum absolute atomic E-state index is 0.275. The number of oxime groups is 1. The lowest BCUT2D eigenvalue weighted by molar-refractivity contribution is -0.181. The Morgan fingerprint density at radius 1 is 1.05 bits per heavy atom. The van der Waals surface area contributed by atoms with E-state index in [0.717, 1.165) is 31.2 Å². The van der Waals surface area contributed by atoms with Crippen molar-refractivity contribution in [1.82, 2.24) is 0 Å². The van der Waals surface area contributed by atoms with E-state index in [1.807, 2.05) is 30.3 Å². The number of benzene rings is 1. The minimum atomic E-state index is -0.450. The molecule has 20 heavy (non-hydrogen) atoms. The highest BCUT2D eigenvalue weighted by Gasteiger charge is 2.49. The standard InChI is InChI=1S/C15H20N2O3/c16-13(17-18)14(12-4-2-1-3-5-12)6-8-15(9-7-14)19-10-11-20-15/h1-5,18H,6-11H2,(H2,16,17). The summed E-state index contributed by atoms with van der Waals surface area (Å²) < 4.78 is 11.5. The molecule has 3 N–H and O–H groups in total. The zero-order chi connectivity index (χ0) is 14.1. The van der Waals surface area contributed by atoms with Crippen molar-refractivity contribution in [3.8, 4) is 0 Å². The Labute approximate surface area is 118 Å². The van der Waals surface area contributed by atoms with Crippen LogP contribution < -0.4 is 5.73 Å². The topological polar surface area (TPSA) is 77.1 Å². The van der Waals surface area contributed by atoms with Gasteiger partial charge in [-0.15, -0.1) is 0 Å². The number of nitrogens with two attached hydrogens (primary N) is 1. The monoisotopic (exact) mass is 276 g/mol. The lowest BCUT2D eigenvalue weighted by Crippen LogP contribution is -2.49. The Balaban J connectivity index is 1.90. The van der Waals surface area contributed by atoms with Gasteiger partial charge >= 0.3 is 0 Å². The number of hydrogen-bond donors (Lipinski definition) is 2. The van der Waals surface area contributed by atoms with Crippen molar-refractivity contribution in [3.05, 3.63) is 35.9 Å². The second kappa shape index (κ2) is 5.07. The van der Waals surface area contributed by atoms with E-state index in [9.17, 15) is 5.21 Å². The molecule has 0 radical (unpaired) electrons. The minimum Gasteiger partial charge on any atom is -0.409 e. The molecule has 1 spiro atoms. The van der Waals surface area contributed by atoms with Crippen LogP contribution in [0, 0.1) is 0 Å². The molecule has 108 valence electrons. The maximum absolute atomic E-state index is 9.17. The van der Waals surface area contributed by atoms with Gasteiger partial charge in [0.25, 0.3) is 0 Å². The van der Waals surface area contributed by atoms with Gasteiger partial charge in [-0.1, -0.05) is 35.5 Å². The Kier molecular flexibility index (Phi) is 3.40. The van der Waals surface area contributed by atoms with Gasteiger partial charge in [-0.3, -0.25) is 0 Å². The van der Waals surface area contributed by atoms with E-state index in [1.54, 1.807) is 0 Å². The third-order valence-electron chi connectivity index (χ3n) is 4.60. The molecule has 0 unspecified atom stereocenters. The van der Waals surface area contributed by atoms with Gasteiger partial charge in [0.2, 0.25) is 0 Å². The summed E-state index contributed by atoms with van der Waals surface area (Å²) in [6.07, 6.45) is 3.04. The molecule has 0 atom stereocenters. The number of rotatable bonds is 2. The van der Waals surface area contributed by atoms with Gasteiger partial charge in [0, 0.05) is 12.8 Å². The molecule has 2 fully saturated rings. The van der Waals surface area contributed by atoms with E-state index in [4.69, 9.17) is 15.2 Å². The zero-order valence-electron chi connectivity index (χ0n) is 11.4. The Bertz CT molecular complexity index is 485. The molecule has 5 nitrogen and oxygen atoms in total. The van der Waals surface area contributed by atoms with Gasteiger partial charge in [-0.05, 0) is 18.4 Å². The first-order valence-corrected chi connectivity index (χ1v) is 7.02. The van der Waals surface area contributed by atoms with Crippen LogP contribution in [0.25, 0.3) is 0 Å². The maximum atomic E-state index is 9.17. The van der Waals surface area contributed by atoms with Gasteiger partial charge < -0.3 is 20.4 Å². The molecule has 0 amide bonds. The molecule has 0 aromatic heterocycles. The predicted molar refractivity (Wildman–Crippen MR) is 74.6 cm³/mol. The fourth-order valence-electron chi connectivity index (χ4n) is 3.39. The highest BCUT2D eigenvalue weighted by atomic mass is 16.7. The molecule has 3 rings (SSSR count). The Morgan fingerprint density at radius 3 is 2.20 bits per heavy atom. The molecule has 2 aliphatic rings. The van der Waals surface area contributed by atoms with Crippen LogP contribution >= 0.6 is 0 Å². The number of hydrogen-bond acceptors (Lipinski definition) is 4. The summed E-state index contributed by atoms with van der Waals surface area (Å²) in [6.45, 7) is 1.31. The summed E-state index contributed by atoms with van der Waals surface area (Å²) in [6, 6.07) is 10.00.